The fraction of sp³-hybridized carbons (Fsp3) is 0.427. The molecule has 3 unspecified atom stereocenters. The Labute approximate surface area is 797 Å². The summed E-state index contributed by atoms with van der Waals surface area (Å²) in [6.45, 7) is 7.70. The van der Waals surface area contributed by atoms with Crippen LogP contribution in [0.4, 0.5) is 23.0 Å². The van der Waals surface area contributed by atoms with Crippen LogP contribution < -0.4 is 74.5 Å². The lowest BCUT2D eigenvalue weighted by molar-refractivity contribution is -0.674. The third kappa shape index (κ3) is 20.5. The number of amides is 5. The van der Waals surface area contributed by atoms with E-state index in [1.807, 2.05) is 70.2 Å². The van der Waals surface area contributed by atoms with Crippen LogP contribution >= 0.6 is 68.8 Å². The number of carbonyl (C=O) groups is 5. The van der Waals surface area contributed by atoms with E-state index in [0.29, 0.717) is 100 Å². The van der Waals surface area contributed by atoms with Gasteiger partial charge in [-0.2, -0.15) is 23.7 Å². The van der Waals surface area contributed by atoms with Crippen molar-refractivity contribution in [3.05, 3.63) is 204 Å². The number of halogens is 3. The van der Waals surface area contributed by atoms with Gasteiger partial charge in [0, 0.05) is 195 Å². The summed E-state index contributed by atoms with van der Waals surface area (Å²) >= 11 is 24.8. The van der Waals surface area contributed by atoms with Gasteiger partial charge in [0.05, 0.1) is 33.8 Å². The van der Waals surface area contributed by atoms with Crippen molar-refractivity contribution in [2.45, 2.75) is 224 Å². The van der Waals surface area contributed by atoms with Gasteiger partial charge in [0.15, 0.2) is 19.6 Å². The Morgan fingerprint density at radius 2 is 0.712 bits per heavy atom. The van der Waals surface area contributed by atoms with E-state index in [1.165, 1.54) is 68.0 Å². The number of anilines is 4. The fourth-order valence-corrected chi connectivity index (χ4v) is 24.4. The summed E-state index contributed by atoms with van der Waals surface area (Å²) in [5.41, 5.74) is 17.4. The average molecular weight is 1890 g/mol. The molecule has 10 aromatic rings. The fourth-order valence-electron chi connectivity index (χ4n) is 20.1. The van der Waals surface area contributed by atoms with Gasteiger partial charge in [0.1, 0.15) is 67.9 Å². The smallest absolute Gasteiger partial charge is 0.270 e. The van der Waals surface area contributed by atoms with Crippen molar-refractivity contribution in [3.63, 3.8) is 0 Å². The van der Waals surface area contributed by atoms with Crippen LogP contribution in [0.2, 0.25) is 15.1 Å². The monoisotopic (exact) mass is 1890 g/mol. The summed E-state index contributed by atoms with van der Waals surface area (Å²) in [4.78, 5) is 86.7. The summed E-state index contributed by atoms with van der Waals surface area (Å²) in [6.07, 6.45) is 36.7. The number of thiazole rings is 3. The Hall–Kier alpha value is -10.7. The molecule has 6 N–H and O–H groups in total. The first-order valence-electron chi connectivity index (χ1n) is 47.9. The van der Waals surface area contributed by atoms with Crippen molar-refractivity contribution in [1.82, 2.24) is 41.5 Å². The van der Waals surface area contributed by atoms with Crippen molar-refractivity contribution < 1.29 is 51.9 Å². The molecule has 0 radical (unpaired) electrons. The van der Waals surface area contributed by atoms with Crippen molar-refractivity contribution in [2.75, 3.05) is 78.9 Å². The highest BCUT2D eigenvalue weighted by atomic mass is 35.5. The lowest BCUT2D eigenvalue weighted by Gasteiger charge is -2.36. The number of aromatic nitrogens is 6. The molecule has 19 rings (SSSR count). The molecule has 686 valence electrons. The van der Waals surface area contributed by atoms with Gasteiger partial charge in [-0.05, 0) is 181 Å². The lowest BCUT2D eigenvalue weighted by Crippen LogP contribution is -2.46. The average Bonchev–Trinajstić information content (AvgIpc) is 1.45. The molecule has 0 fully saturated rings. The largest absolute Gasteiger partial charge is 0.484 e. The van der Waals surface area contributed by atoms with Gasteiger partial charge in [-0.25, -0.2) is 4.98 Å². The van der Waals surface area contributed by atoms with Crippen LogP contribution in [-0.2, 0) is 56.4 Å². The molecule has 6 aromatic carbocycles. The maximum atomic E-state index is 13.8. The number of ether oxygens (including phenoxy) is 3. The normalized spacial score (nSPS) is 16.6. The number of hydrogen-bond acceptors (Lipinski definition) is 18. The number of unbranched alkanes of at least 4 members (excludes halogenated alkanes) is 14. The maximum absolute atomic E-state index is 13.8. The van der Waals surface area contributed by atoms with E-state index in [2.05, 4.69) is 159 Å². The second-order valence-electron chi connectivity index (χ2n) is 35.8. The molecule has 3 atom stereocenters. The minimum absolute atomic E-state index is 0.0127. The summed E-state index contributed by atoms with van der Waals surface area (Å²) in [7, 11) is 0. The summed E-state index contributed by atoms with van der Waals surface area (Å²) < 4.78 is 31.0. The third-order valence-electron chi connectivity index (χ3n) is 26.7. The van der Waals surface area contributed by atoms with Crippen LogP contribution in [0.3, 0.4) is 0 Å². The standard InChI is InChI=1S/C103H112Cl3N15O8S3/c104-66-36-39-84-75(62-66)119-59-45-81-97(100(119)130-84)69-42-56-116(72-24-21-27-78(127-81)94(69)72)54-19-5-13-34-91(124)109-50-17-7-15-48-107-89(122)32-11-3-1-9-30-87-113-88(115-103(114-87)112-53-52-111-93(126)65-118-58-44-71-96-74(118)26-23-29-80(96)129-83-47-61-121-77-64-68(106)38-41-86(77)132-102(121)99(71)83)31-10-2-4-12-33-90(123)108-49-16-8-18-51-110-92(125)35-14-6-20-55-117-57-43-70-95-73(117)25-22-28-79(95)128-82-46-60-120-76-63-67(105)37-40-85(76)131-101(120)98(70)82/h21-29,36-44,56-58,62-64,81-83H,1-20,30-35,45-55,59-61,65H2,(H3-3,107,108,109,110,111,112,113,114,115,122,123,124,125,126)/p+3. The van der Waals surface area contributed by atoms with Gasteiger partial charge in [0.25, 0.3) is 15.0 Å². The number of rotatable bonds is 44. The molecule has 4 aromatic heterocycles. The predicted octanol–water partition coefficient (Wildman–Crippen LogP) is 19.1. The van der Waals surface area contributed by atoms with Crippen LogP contribution in [0, 0.1) is 0 Å². The van der Waals surface area contributed by atoms with E-state index in [9.17, 15) is 24.0 Å². The highest BCUT2D eigenvalue weighted by Gasteiger charge is 2.47. The zero-order chi connectivity index (χ0) is 90.0. The molecule has 13 heterocycles. The molecular formula is C103H115Cl3N15O8S3+3. The SMILES string of the molecule is O=C(CCCCCCc1nc(CCCCCCC(=O)NCCCCCNC(=O)CCCCCN2C=CC3=C4c5sc6ccc(Cl)cc6[n+]5CCC4Oc4cccc2c43)nc(NCCNC(=O)CN2C=CC3=C4c5sc6ccc(Cl)cc6[n+]5CCC4Oc4cccc2c43)n1)NCCCCCNC(=O)CCCCCN1C=CC2=C3c4sc5ccc(Cl)cc5[n+]4CCC3Oc3cccc1c32. The molecule has 23 nitrogen and oxygen atoms in total. The Bertz CT molecular complexity index is 5990. The van der Waals surface area contributed by atoms with Gasteiger partial charge in [-0.1, -0.05) is 126 Å². The topological polar surface area (TPSA) is 245 Å². The number of nitrogens with one attached hydrogen (secondary N) is 6. The van der Waals surface area contributed by atoms with Crippen molar-refractivity contribution >= 4 is 185 Å². The van der Waals surface area contributed by atoms with E-state index in [0.717, 1.165) is 253 Å². The minimum Gasteiger partial charge on any atom is -0.484 e. The Morgan fingerprint density at radius 1 is 0.371 bits per heavy atom. The lowest BCUT2D eigenvalue weighted by atomic mass is 9.87. The minimum atomic E-state index is -0.125. The molecule has 0 saturated carbocycles. The van der Waals surface area contributed by atoms with Crippen LogP contribution in [0.5, 0.6) is 17.2 Å². The van der Waals surface area contributed by atoms with Crippen molar-refractivity contribution in [1.29, 1.82) is 0 Å². The number of carbonyl (C=O) groups excluding carboxylic acids is 5. The second kappa shape index (κ2) is 42.2. The summed E-state index contributed by atoms with van der Waals surface area (Å²) in [5.74, 6) is 4.79. The molecule has 132 heavy (non-hydrogen) atoms. The van der Waals surface area contributed by atoms with E-state index in [-0.39, 0.29) is 54.4 Å². The highest BCUT2D eigenvalue weighted by Crippen LogP contribution is 2.54. The number of allylic oxidation sites excluding steroid dienone is 6. The molecule has 0 spiro atoms. The van der Waals surface area contributed by atoms with Crippen LogP contribution in [0.25, 0.3) is 64.1 Å². The van der Waals surface area contributed by atoms with Gasteiger partial charge < -0.3 is 60.8 Å². The van der Waals surface area contributed by atoms with Crippen LogP contribution in [0.1, 0.15) is 217 Å². The molecule has 29 heteroatoms. The van der Waals surface area contributed by atoms with Gasteiger partial charge in [-0.3, -0.25) is 24.0 Å². The van der Waals surface area contributed by atoms with Crippen molar-refractivity contribution in [3.8, 4) is 17.2 Å². The number of nitrogens with zero attached hydrogens (tertiary/aromatic N) is 9. The predicted molar refractivity (Wildman–Crippen MR) is 529 cm³/mol. The van der Waals surface area contributed by atoms with Gasteiger partial charge in [0.2, 0.25) is 52.0 Å². The first-order valence-corrected chi connectivity index (χ1v) is 51.5. The van der Waals surface area contributed by atoms with Crippen molar-refractivity contribution in [2.24, 2.45) is 0 Å². The molecule has 9 aliphatic rings. The highest BCUT2D eigenvalue weighted by molar-refractivity contribution is 7.20. The molecule has 0 bridgehead atoms. The quantitative estimate of drug-likeness (QED) is 0.0154. The zero-order valence-corrected chi connectivity index (χ0v) is 79.4. The molecule has 0 saturated heterocycles. The van der Waals surface area contributed by atoms with E-state index in [4.69, 9.17) is 64.0 Å². The number of fused-ring (bicyclic) bond motifs is 15. The number of hydrogen-bond donors (Lipinski definition) is 6. The Balaban J connectivity index is 0.373. The Morgan fingerprint density at radius 3 is 1.10 bits per heavy atom. The van der Waals surface area contributed by atoms with Crippen LogP contribution in [0.15, 0.2) is 146 Å². The molecule has 9 aliphatic heterocycles. The first-order chi connectivity index (χ1) is 64.7. The summed E-state index contributed by atoms with van der Waals surface area (Å²) in [6, 6.07) is 37.3. The Kier molecular flexibility index (Phi) is 28.9. The van der Waals surface area contributed by atoms with E-state index in [1.54, 1.807) is 11.3 Å². The third-order valence-corrected chi connectivity index (χ3v) is 31.0. The van der Waals surface area contributed by atoms with Gasteiger partial charge in [-0.15, -0.1) is 0 Å². The summed E-state index contributed by atoms with van der Waals surface area (Å²) in [5, 5.41) is 24.8. The molecule has 5 amide bonds. The molecular weight excluding hydrogens is 1780 g/mol. The van der Waals surface area contributed by atoms with E-state index < -0.39 is 0 Å². The van der Waals surface area contributed by atoms with E-state index >= 15 is 0 Å². The first kappa shape index (κ1) is 90.4. The maximum Gasteiger partial charge on any atom is 0.270 e. The van der Waals surface area contributed by atoms with Crippen LogP contribution in [-0.4, -0.2) is 122 Å². The number of aryl methyl sites for hydroxylation is 5. The second-order valence-corrected chi connectivity index (χ2v) is 40.2. The zero-order valence-electron chi connectivity index (χ0n) is 74.7. The number of benzene rings is 6. The molecule has 0 aliphatic carbocycles. The van der Waals surface area contributed by atoms with Gasteiger partial charge >= 0.3 is 0 Å².